The Morgan fingerprint density at radius 2 is 2.28 bits per heavy atom. The summed E-state index contributed by atoms with van der Waals surface area (Å²) in [5, 5.41) is 0.666. The van der Waals surface area contributed by atoms with Crippen LogP contribution < -0.4 is 5.73 Å². The van der Waals surface area contributed by atoms with Gasteiger partial charge < -0.3 is 10.2 Å². The first kappa shape index (κ1) is 13.6. The number of benzene rings is 1. The van der Waals surface area contributed by atoms with Crippen molar-refractivity contribution in [2.75, 3.05) is 0 Å². The van der Waals surface area contributed by atoms with Gasteiger partial charge in [0.05, 0.1) is 5.69 Å². The quantitative estimate of drug-likeness (QED) is 0.928. The average Bonchev–Trinajstić information content (AvgIpc) is 2.68. The molecule has 96 valence electrons. The molecule has 0 radical (unpaired) electrons. The lowest BCUT2D eigenvalue weighted by Gasteiger charge is -2.08. The van der Waals surface area contributed by atoms with Crippen molar-refractivity contribution in [1.29, 1.82) is 0 Å². The van der Waals surface area contributed by atoms with Crippen LogP contribution >= 0.6 is 27.7 Å². The molecule has 1 atom stereocenters. The number of nitrogens with two attached hydrogens (primary N) is 1. The molecule has 1 unspecified atom stereocenters. The van der Waals surface area contributed by atoms with Crippen molar-refractivity contribution in [3.05, 3.63) is 40.2 Å². The van der Waals surface area contributed by atoms with Crippen molar-refractivity contribution in [2.45, 2.75) is 36.4 Å². The van der Waals surface area contributed by atoms with Gasteiger partial charge in [0, 0.05) is 15.4 Å². The predicted octanol–water partition coefficient (Wildman–Crippen LogP) is 3.79. The van der Waals surface area contributed by atoms with Gasteiger partial charge in [-0.2, -0.15) is 0 Å². The van der Waals surface area contributed by atoms with E-state index in [4.69, 9.17) is 10.2 Å². The monoisotopic (exact) mass is 326 g/mol. The number of hydrogen-bond donors (Lipinski definition) is 1. The fourth-order valence-electron chi connectivity index (χ4n) is 1.58. The topological polar surface area (TPSA) is 52.0 Å². The zero-order valence-electron chi connectivity index (χ0n) is 10.3. The van der Waals surface area contributed by atoms with E-state index in [1.54, 1.807) is 6.26 Å². The molecule has 0 aliphatic carbocycles. The lowest BCUT2D eigenvalue weighted by Crippen LogP contribution is -2.17. The minimum atomic E-state index is 0.161. The molecule has 0 aliphatic rings. The van der Waals surface area contributed by atoms with Crippen LogP contribution in [0.1, 0.15) is 18.2 Å². The van der Waals surface area contributed by atoms with E-state index >= 15 is 0 Å². The summed E-state index contributed by atoms with van der Waals surface area (Å²) in [7, 11) is 0. The zero-order chi connectivity index (χ0) is 13.1. The summed E-state index contributed by atoms with van der Waals surface area (Å²) in [6, 6.07) is 6.38. The second-order valence-corrected chi connectivity index (χ2v) is 6.17. The SMILES string of the molecule is Cc1coc(Sc2ccc(CC(C)N)c(Br)c2)n1. The number of oxazole rings is 1. The van der Waals surface area contributed by atoms with Gasteiger partial charge in [0.25, 0.3) is 5.22 Å². The van der Waals surface area contributed by atoms with Gasteiger partial charge >= 0.3 is 0 Å². The van der Waals surface area contributed by atoms with E-state index < -0.39 is 0 Å². The maximum Gasteiger partial charge on any atom is 0.260 e. The molecule has 1 heterocycles. The molecule has 1 aromatic carbocycles. The van der Waals surface area contributed by atoms with Gasteiger partial charge in [-0.05, 0) is 49.7 Å². The highest BCUT2D eigenvalue weighted by atomic mass is 79.9. The number of hydrogen-bond acceptors (Lipinski definition) is 4. The summed E-state index contributed by atoms with van der Waals surface area (Å²) < 4.78 is 6.40. The molecule has 0 fully saturated rings. The van der Waals surface area contributed by atoms with Crippen molar-refractivity contribution in [3.8, 4) is 0 Å². The van der Waals surface area contributed by atoms with E-state index in [-0.39, 0.29) is 6.04 Å². The van der Waals surface area contributed by atoms with Crippen molar-refractivity contribution in [3.63, 3.8) is 0 Å². The number of aryl methyl sites for hydroxylation is 1. The van der Waals surface area contributed by atoms with E-state index in [1.807, 2.05) is 13.8 Å². The van der Waals surface area contributed by atoms with Crippen LogP contribution in [0.4, 0.5) is 0 Å². The third-order valence-electron chi connectivity index (χ3n) is 2.37. The standard InChI is InChI=1S/C13H15BrN2OS/c1-8(15)5-10-3-4-11(6-12(10)14)18-13-16-9(2)7-17-13/h3-4,6-8H,5,15H2,1-2H3. The molecule has 0 amide bonds. The third kappa shape index (κ3) is 3.60. The van der Waals surface area contributed by atoms with E-state index in [0.29, 0.717) is 5.22 Å². The first-order chi connectivity index (χ1) is 8.54. The first-order valence-corrected chi connectivity index (χ1v) is 7.29. The summed E-state index contributed by atoms with van der Waals surface area (Å²) >= 11 is 5.09. The Morgan fingerprint density at radius 1 is 1.50 bits per heavy atom. The van der Waals surface area contributed by atoms with E-state index in [2.05, 4.69) is 39.1 Å². The second-order valence-electron chi connectivity index (χ2n) is 4.29. The molecule has 18 heavy (non-hydrogen) atoms. The second kappa shape index (κ2) is 5.91. The van der Waals surface area contributed by atoms with Crippen LogP contribution in [-0.4, -0.2) is 11.0 Å². The fourth-order valence-corrected chi connectivity index (χ4v) is 3.08. The number of halogens is 1. The van der Waals surface area contributed by atoms with Crippen LogP contribution in [0.5, 0.6) is 0 Å². The zero-order valence-corrected chi connectivity index (χ0v) is 12.7. The molecule has 0 spiro atoms. The van der Waals surface area contributed by atoms with Gasteiger partial charge in [-0.15, -0.1) is 0 Å². The van der Waals surface area contributed by atoms with E-state index in [9.17, 15) is 0 Å². The van der Waals surface area contributed by atoms with Gasteiger partial charge in [0.15, 0.2) is 0 Å². The minimum Gasteiger partial charge on any atom is -0.439 e. The largest absolute Gasteiger partial charge is 0.439 e. The number of nitrogens with zero attached hydrogens (tertiary/aromatic N) is 1. The Hall–Kier alpha value is -0.780. The number of rotatable bonds is 4. The molecule has 0 bridgehead atoms. The summed E-state index contributed by atoms with van der Waals surface area (Å²) in [6.45, 7) is 3.92. The van der Waals surface area contributed by atoms with Crippen LogP contribution in [0.15, 0.2) is 43.5 Å². The molecule has 0 saturated heterocycles. The number of aromatic nitrogens is 1. The molecular weight excluding hydrogens is 312 g/mol. The van der Waals surface area contributed by atoms with Crippen LogP contribution in [0.2, 0.25) is 0 Å². The molecule has 1 aromatic heterocycles. The third-order valence-corrected chi connectivity index (χ3v) is 3.96. The summed E-state index contributed by atoms with van der Waals surface area (Å²) in [6.07, 6.45) is 2.52. The van der Waals surface area contributed by atoms with Crippen LogP contribution in [-0.2, 0) is 6.42 Å². The van der Waals surface area contributed by atoms with Crippen LogP contribution in [0, 0.1) is 6.92 Å². The lowest BCUT2D eigenvalue weighted by molar-refractivity contribution is 0.454. The molecule has 3 nitrogen and oxygen atoms in total. The smallest absolute Gasteiger partial charge is 0.260 e. The van der Waals surface area contributed by atoms with Crippen LogP contribution in [0.3, 0.4) is 0 Å². The average molecular weight is 327 g/mol. The molecule has 5 heteroatoms. The van der Waals surface area contributed by atoms with Gasteiger partial charge in [-0.25, -0.2) is 4.98 Å². The highest BCUT2D eigenvalue weighted by molar-refractivity contribution is 9.10. The minimum absolute atomic E-state index is 0.161. The molecule has 0 aliphatic heterocycles. The van der Waals surface area contributed by atoms with Gasteiger partial charge in [0.1, 0.15) is 6.26 Å². The van der Waals surface area contributed by atoms with Crippen molar-refractivity contribution >= 4 is 27.7 Å². The molecule has 2 rings (SSSR count). The summed E-state index contributed by atoms with van der Waals surface area (Å²) in [5.41, 5.74) is 7.92. The Morgan fingerprint density at radius 3 is 2.83 bits per heavy atom. The van der Waals surface area contributed by atoms with Crippen molar-refractivity contribution < 1.29 is 4.42 Å². The Bertz CT molecular complexity index is 540. The Balaban J connectivity index is 2.13. The van der Waals surface area contributed by atoms with E-state index in [0.717, 1.165) is 21.5 Å². The fraction of sp³-hybridized carbons (Fsp3) is 0.308. The Kier molecular flexibility index (Phi) is 4.48. The van der Waals surface area contributed by atoms with Crippen molar-refractivity contribution in [1.82, 2.24) is 4.98 Å². The predicted molar refractivity (Wildman–Crippen MR) is 76.9 cm³/mol. The van der Waals surface area contributed by atoms with Gasteiger partial charge in [-0.1, -0.05) is 22.0 Å². The maximum absolute atomic E-state index is 5.81. The summed E-state index contributed by atoms with van der Waals surface area (Å²) in [5.74, 6) is 0. The summed E-state index contributed by atoms with van der Waals surface area (Å²) in [4.78, 5) is 5.36. The van der Waals surface area contributed by atoms with Crippen molar-refractivity contribution in [2.24, 2.45) is 5.73 Å². The highest BCUT2D eigenvalue weighted by Crippen LogP contribution is 2.30. The molecule has 2 aromatic rings. The Labute approximate surface area is 119 Å². The first-order valence-electron chi connectivity index (χ1n) is 5.68. The van der Waals surface area contributed by atoms with E-state index in [1.165, 1.54) is 17.3 Å². The van der Waals surface area contributed by atoms with Gasteiger partial charge in [-0.3, -0.25) is 0 Å². The van der Waals surface area contributed by atoms with Gasteiger partial charge in [0.2, 0.25) is 0 Å². The molecule has 2 N–H and O–H groups in total. The molecule has 0 saturated carbocycles. The lowest BCUT2D eigenvalue weighted by atomic mass is 10.1. The highest BCUT2D eigenvalue weighted by Gasteiger charge is 2.07. The van der Waals surface area contributed by atoms with Crippen LogP contribution in [0.25, 0.3) is 0 Å². The normalized spacial score (nSPS) is 12.7. The molecular formula is C13H15BrN2OS. The maximum atomic E-state index is 5.81.